The van der Waals surface area contributed by atoms with Gasteiger partial charge in [0.1, 0.15) is 0 Å². The van der Waals surface area contributed by atoms with Crippen LogP contribution in [0.5, 0.6) is 0 Å². The van der Waals surface area contributed by atoms with Gasteiger partial charge in [-0.3, -0.25) is 4.90 Å². The molecule has 39 heavy (non-hydrogen) atoms. The molecule has 1 fully saturated rings. The molecule has 14 heteroatoms. The Kier molecular flexibility index (Phi) is 9.47. The van der Waals surface area contributed by atoms with E-state index in [1.54, 1.807) is 13.8 Å². The van der Waals surface area contributed by atoms with Crippen molar-refractivity contribution in [2.24, 2.45) is 0 Å². The minimum Gasteiger partial charge on any atom is -0.336 e. The molecule has 2 aromatic rings. The number of rotatable bonds is 10. The number of nitrogens with one attached hydrogen (secondary N) is 2. The maximum Gasteiger partial charge on any atom is 0.416 e. The third kappa shape index (κ3) is 7.81. The van der Waals surface area contributed by atoms with Gasteiger partial charge in [-0.05, 0) is 68.7 Å². The van der Waals surface area contributed by atoms with E-state index in [-0.39, 0.29) is 30.6 Å². The maximum absolute atomic E-state index is 13.3. The Morgan fingerprint density at radius 3 is 2.26 bits per heavy atom. The molecule has 0 radical (unpaired) electrons. The van der Waals surface area contributed by atoms with Crippen molar-refractivity contribution in [3.63, 3.8) is 0 Å². The van der Waals surface area contributed by atoms with E-state index in [4.69, 9.17) is 0 Å². The largest absolute Gasteiger partial charge is 0.416 e. The van der Waals surface area contributed by atoms with Crippen LogP contribution in [0, 0.1) is 0 Å². The van der Waals surface area contributed by atoms with Crippen LogP contribution in [0.3, 0.4) is 0 Å². The summed E-state index contributed by atoms with van der Waals surface area (Å²) in [4.78, 5) is 14.2. The monoisotopic (exact) mass is 588 g/mol. The van der Waals surface area contributed by atoms with Gasteiger partial charge in [-0.2, -0.15) is 17.5 Å². The molecule has 0 bridgehead atoms. The predicted octanol–water partition coefficient (Wildman–Crippen LogP) is 4.05. The summed E-state index contributed by atoms with van der Waals surface area (Å²) >= 11 is 0. The molecule has 2 amide bonds. The van der Waals surface area contributed by atoms with E-state index < -0.39 is 43.9 Å². The smallest absolute Gasteiger partial charge is 0.336 e. The third-order valence-electron chi connectivity index (χ3n) is 6.10. The van der Waals surface area contributed by atoms with Crippen molar-refractivity contribution in [3.05, 3.63) is 71.6 Å². The first-order valence-corrected chi connectivity index (χ1v) is 15.1. The zero-order valence-corrected chi connectivity index (χ0v) is 23.1. The summed E-state index contributed by atoms with van der Waals surface area (Å²) < 4.78 is 92.5. The van der Waals surface area contributed by atoms with Gasteiger partial charge in [0.05, 0.1) is 17.0 Å². The summed E-state index contributed by atoms with van der Waals surface area (Å²) in [6, 6.07) is 8.72. The number of carbonyl (C=O) groups is 1. The summed E-state index contributed by atoms with van der Waals surface area (Å²) in [5, 5.41) is 3.50. The van der Waals surface area contributed by atoms with E-state index in [0.29, 0.717) is 24.1 Å². The minimum absolute atomic E-state index is 0.0384. The van der Waals surface area contributed by atoms with E-state index in [9.17, 15) is 34.8 Å². The predicted molar refractivity (Wildman–Crippen MR) is 142 cm³/mol. The summed E-state index contributed by atoms with van der Waals surface area (Å²) in [5.74, 6) is 0. The summed E-state index contributed by atoms with van der Waals surface area (Å²) in [6.45, 7) is 6.81. The van der Waals surface area contributed by atoms with Crippen molar-refractivity contribution < 1.29 is 34.8 Å². The molecule has 1 atom stereocenters. The van der Waals surface area contributed by atoms with Crippen LogP contribution < -0.4 is 14.9 Å². The Labute approximate surface area is 226 Å². The number of carbonyl (C=O) groups excluding carboxylic acids is 1. The summed E-state index contributed by atoms with van der Waals surface area (Å²) in [6.07, 6.45) is -3.44. The topological polar surface area (TPSA) is 116 Å². The molecular weight excluding hydrogens is 557 g/mol. The van der Waals surface area contributed by atoms with Gasteiger partial charge in [-0.25, -0.2) is 26.4 Å². The first-order chi connectivity index (χ1) is 18.1. The average Bonchev–Trinajstić information content (AvgIpc) is 3.35. The lowest BCUT2D eigenvalue weighted by Gasteiger charge is -2.26. The molecule has 0 spiro atoms. The van der Waals surface area contributed by atoms with Crippen molar-refractivity contribution in [3.8, 4) is 0 Å². The molecule has 3 rings (SSSR count). The van der Waals surface area contributed by atoms with E-state index in [1.807, 2.05) is 0 Å². The second-order valence-corrected chi connectivity index (χ2v) is 13.0. The van der Waals surface area contributed by atoms with Crippen LogP contribution in [-0.4, -0.2) is 52.3 Å². The fourth-order valence-electron chi connectivity index (χ4n) is 4.12. The maximum atomic E-state index is 13.3. The van der Waals surface area contributed by atoms with Crippen LogP contribution in [0.4, 0.5) is 23.7 Å². The number of anilines is 1. The highest BCUT2D eigenvalue weighted by molar-refractivity contribution is 7.92. The van der Waals surface area contributed by atoms with Gasteiger partial charge in [0.15, 0.2) is 0 Å². The number of hydrogen-bond donors (Lipinski definition) is 2. The Morgan fingerprint density at radius 1 is 1.10 bits per heavy atom. The molecule has 0 saturated carbocycles. The quantitative estimate of drug-likeness (QED) is 0.435. The average molecular weight is 589 g/mol. The van der Waals surface area contributed by atoms with E-state index in [1.165, 1.54) is 45.6 Å². The second kappa shape index (κ2) is 12.1. The van der Waals surface area contributed by atoms with Gasteiger partial charge in [-0.1, -0.05) is 18.7 Å². The van der Waals surface area contributed by atoms with Crippen molar-refractivity contribution >= 4 is 31.8 Å². The Bertz CT molecular complexity index is 1380. The number of urea groups is 1. The van der Waals surface area contributed by atoms with Gasteiger partial charge >= 0.3 is 12.2 Å². The van der Waals surface area contributed by atoms with Gasteiger partial charge in [0, 0.05) is 36.3 Å². The molecule has 1 aliphatic heterocycles. The van der Waals surface area contributed by atoms with Gasteiger partial charge in [-0.15, -0.1) is 0 Å². The summed E-state index contributed by atoms with van der Waals surface area (Å²) in [5.41, 5.74) is -0.0271. The standard InChI is InChI=1S/C25H31F3N4O5S2/c1-4-38(34,35)29-16-22-6-5-15-32(22)39(36,37)23-13-11-21(12-14-23)31(24(33)30-18(2)3)17-19-7-9-20(10-8-19)25(26,27)28/h4,7-14,18,22,29H,1,5-6,15-17H2,2-3H3,(H,30,33)/t22-/m0/s1. The lowest BCUT2D eigenvalue weighted by molar-refractivity contribution is -0.137. The minimum atomic E-state index is -4.49. The Morgan fingerprint density at radius 2 is 1.72 bits per heavy atom. The number of nitrogens with zero attached hydrogens (tertiary/aromatic N) is 2. The third-order valence-corrected chi connectivity index (χ3v) is 9.07. The van der Waals surface area contributed by atoms with Crippen LogP contribution in [0.1, 0.15) is 37.8 Å². The number of halogens is 3. The van der Waals surface area contributed by atoms with Crippen molar-refractivity contribution in [1.29, 1.82) is 0 Å². The highest BCUT2D eigenvalue weighted by atomic mass is 32.2. The molecular formula is C25H31F3N4O5S2. The SMILES string of the molecule is C=CS(=O)(=O)NC[C@@H]1CCCN1S(=O)(=O)c1ccc(N(Cc2ccc(C(F)(F)F)cc2)C(=O)NC(C)C)cc1. The first kappa shape index (κ1) is 30.6. The highest BCUT2D eigenvalue weighted by Crippen LogP contribution is 2.30. The number of alkyl halides is 3. The molecule has 1 heterocycles. The second-order valence-electron chi connectivity index (χ2n) is 9.35. The van der Waals surface area contributed by atoms with Crippen LogP contribution in [-0.2, 0) is 32.8 Å². The Balaban J connectivity index is 1.84. The number of benzene rings is 2. The highest BCUT2D eigenvalue weighted by Gasteiger charge is 2.36. The van der Waals surface area contributed by atoms with Crippen molar-refractivity contribution in [1.82, 2.24) is 14.3 Å². The zero-order chi connectivity index (χ0) is 29.0. The van der Waals surface area contributed by atoms with Gasteiger partial charge < -0.3 is 5.32 Å². The number of sulfonamides is 2. The lowest BCUT2D eigenvalue weighted by Crippen LogP contribution is -2.43. The van der Waals surface area contributed by atoms with E-state index >= 15 is 0 Å². The molecule has 214 valence electrons. The number of amides is 2. The lowest BCUT2D eigenvalue weighted by atomic mass is 10.1. The molecule has 0 unspecified atom stereocenters. The molecule has 1 saturated heterocycles. The molecule has 0 aliphatic carbocycles. The Hall–Kier alpha value is -2.94. The normalized spacial score (nSPS) is 16.8. The van der Waals surface area contributed by atoms with Crippen molar-refractivity contribution in [2.45, 2.75) is 56.4 Å². The molecule has 0 aromatic heterocycles. The van der Waals surface area contributed by atoms with E-state index in [0.717, 1.165) is 17.5 Å². The van der Waals surface area contributed by atoms with Crippen LogP contribution in [0.15, 0.2) is 65.4 Å². The van der Waals surface area contributed by atoms with Crippen LogP contribution in [0.25, 0.3) is 0 Å². The van der Waals surface area contributed by atoms with Gasteiger partial charge in [0.25, 0.3) is 0 Å². The van der Waals surface area contributed by atoms with Crippen LogP contribution in [0.2, 0.25) is 0 Å². The molecule has 9 nitrogen and oxygen atoms in total. The van der Waals surface area contributed by atoms with Crippen molar-refractivity contribution in [2.75, 3.05) is 18.0 Å². The zero-order valence-electron chi connectivity index (χ0n) is 21.5. The fourth-order valence-corrected chi connectivity index (χ4v) is 6.36. The molecule has 1 aliphatic rings. The summed E-state index contributed by atoms with van der Waals surface area (Å²) in [7, 11) is -7.69. The molecule has 2 N–H and O–H groups in total. The van der Waals surface area contributed by atoms with E-state index in [2.05, 4.69) is 16.6 Å². The van der Waals surface area contributed by atoms with Crippen LogP contribution >= 0.6 is 0 Å². The first-order valence-electron chi connectivity index (χ1n) is 12.1. The fraction of sp³-hybridized carbons (Fsp3) is 0.400. The number of hydrogen-bond acceptors (Lipinski definition) is 5. The molecule has 2 aromatic carbocycles. The van der Waals surface area contributed by atoms with Gasteiger partial charge in [0.2, 0.25) is 20.0 Å².